The molecule has 1 aliphatic rings. The van der Waals surface area contributed by atoms with Crippen molar-refractivity contribution >= 4 is 35.5 Å². The number of nitrogens with zero attached hydrogens (tertiary/aromatic N) is 1. The number of furan rings is 1. The van der Waals surface area contributed by atoms with Gasteiger partial charge in [-0.2, -0.15) is 0 Å². The summed E-state index contributed by atoms with van der Waals surface area (Å²) in [6, 6.07) is 17.8. The molecule has 0 radical (unpaired) electrons. The first-order chi connectivity index (χ1) is 19.1. The predicted octanol–water partition coefficient (Wildman–Crippen LogP) is 4.59. The van der Waals surface area contributed by atoms with Crippen LogP contribution in [0.2, 0.25) is 0 Å². The van der Waals surface area contributed by atoms with Crippen LogP contribution in [0.15, 0.2) is 81.9 Å². The van der Waals surface area contributed by atoms with Crippen molar-refractivity contribution in [2.75, 3.05) is 12.4 Å². The highest BCUT2D eigenvalue weighted by molar-refractivity contribution is 6.39. The molecule has 1 aromatic heterocycles. The molecule has 2 aromatic carbocycles. The molecule has 40 heavy (non-hydrogen) atoms. The highest BCUT2D eigenvalue weighted by Gasteiger charge is 2.39. The fourth-order valence-corrected chi connectivity index (χ4v) is 4.51. The third kappa shape index (κ3) is 5.88. The second-order valence-electron chi connectivity index (χ2n) is 9.51. The quantitative estimate of drug-likeness (QED) is 0.257. The summed E-state index contributed by atoms with van der Waals surface area (Å²) in [4.78, 5) is 52.4. The molecule has 0 unspecified atom stereocenters. The number of aryl methyl sites for hydroxylation is 2. The van der Waals surface area contributed by atoms with Crippen molar-refractivity contribution in [3.05, 3.63) is 106 Å². The molecule has 0 bridgehead atoms. The molecule has 206 valence electrons. The van der Waals surface area contributed by atoms with E-state index < -0.39 is 17.8 Å². The molecule has 2 N–H and O–H groups in total. The lowest BCUT2D eigenvalue weighted by Crippen LogP contribution is -2.34. The van der Waals surface area contributed by atoms with Crippen molar-refractivity contribution in [3.63, 3.8) is 0 Å². The van der Waals surface area contributed by atoms with Crippen LogP contribution in [0.3, 0.4) is 0 Å². The number of rotatable bonds is 7. The van der Waals surface area contributed by atoms with Gasteiger partial charge >= 0.3 is 17.8 Å². The van der Waals surface area contributed by atoms with Crippen molar-refractivity contribution < 1.29 is 28.3 Å². The Bertz CT molecular complexity index is 1530. The van der Waals surface area contributed by atoms with Crippen LogP contribution in [0, 0.1) is 13.8 Å². The van der Waals surface area contributed by atoms with E-state index in [-0.39, 0.29) is 29.6 Å². The van der Waals surface area contributed by atoms with Gasteiger partial charge in [-0.3, -0.25) is 14.4 Å². The molecule has 0 saturated carbocycles. The molecule has 1 atom stereocenters. The van der Waals surface area contributed by atoms with E-state index in [4.69, 9.17) is 9.15 Å². The highest BCUT2D eigenvalue weighted by atomic mass is 16.5. The number of carbonyl (C=O) groups is 4. The number of allylic oxidation sites excluding steroid dienone is 1. The van der Waals surface area contributed by atoms with Crippen LogP contribution in [0.25, 0.3) is 6.08 Å². The zero-order valence-electron chi connectivity index (χ0n) is 23.0. The SMILES string of the molecule is COC(=O)C1=C(C)N([C@H](C)c2ccccc2)C(=O)/C1=C/c1ccc(CNC(=O)C(=O)Nc2ccc(C)c(C)c2)o1. The summed E-state index contributed by atoms with van der Waals surface area (Å²) >= 11 is 0. The van der Waals surface area contributed by atoms with Crippen LogP contribution in [0.1, 0.15) is 48.1 Å². The van der Waals surface area contributed by atoms with Gasteiger partial charge in [0, 0.05) is 11.4 Å². The van der Waals surface area contributed by atoms with E-state index in [2.05, 4.69) is 10.6 Å². The normalized spacial score (nSPS) is 14.9. The number of carbonyl (C=O) groups excluding carboxylic acids is 4. The molecule has 0 aliphatic carbocycles. The van der Waals surface area contributed by atoms with Gasteiger partial charge < -0.3 is 24.7 Å². The van der Waals surface area contributed by atoms with Crippen LogP contribution in [0.4, 0.5) is 5.69 Å². The first kappa shape index (κ1) is 28.1. The Kier molecular flexibility index (Phi) is 8.33. The van der Waals surface area contributed by atoms with Gasteiger partial charge in [0.05, 0.1) is 30.8 Å². The number of hydrogen-bond donors (Lipinski definition) is 2. The summed E-state index contributed by atoms with van der Waals surface area (Å²) < 4.78 is 10.7. The molecule has 9 heteroatoms. The molecule has 9 nitrogen and oxygen atoms in total. The maximum absolute atomic E-state index is 13.5. The molecular formula is C31H31N3O6. The molecule has 0 saturated heterocycles. The largest absolute Gasteiger partial charge is 0.465 e. The molecule has 0 spiro atoms. The lowest BCUT2D eigenvalue weighted by atomic mass is 10.1. The van der Waals surface area contributed by atoms with E-state index >= 15 is 0 Å². The molecule has 1 aliphatic heterocycles. The topological polar surface area (TPSA) is 118 Å². The molecule has 2 heterocycles. The zero-order chi connectivity index (χ0) is 29.0. The fraction of sp³-hybridized carbons (Fsp3) is 0.226. The maximum atomic E-state index is 13.5. The van der Waals surface area contributed by atoms with Crippen LogP contribution in [0.5, 0.6) is 0 Å². The molecule has 4 rings (SSSR count). The van der Waals surface area contributed by atoms with Crippen LogP contribution in [-0.2, 0) is 30.5 Å². The Morgan fingerprint density at radius 2 is 1.70 bits per heavy atom. The zero-order valence-corrected chi connectivity index (χ0v) is 23.0. The van der Waals surface area contributed by atoms with Crippen molar-refractivity contribution in [2.45, 2.75) is 40.3 Å². The first-order valence-electron chi connectivity index (χ1n) is 12.8. The monoisotopic (exact) mass is 541 g/mol. The van der Waals surface area contributed by atoms with Crippen molar-refractivity contribution in [3.8, 4) is 0 Å². The van der Waals surface area contributed by atoms with Gasteiger partial charge in [-0.25, -0.2) is 4.79 Å². The molecule has 0 fully saturated rings. The van der Waals surface area contributed by atoms with Crippen LogP contribution >= 0.6 is 0 Å². The van der Waals surface area contributed by atoms with Gasteiger partial charge in [0.15, 0.2) is 0 Å². The average molecular weight is 542 g/mol. The lowest BCUT2D eigenvalue weighted by molar-refractivity contribution is -0.136. The van der Waals surface area contributed by atoms with Gasteiger partial charge in [0.25, 0.3) is 5.91 Å². The van der Waals surface area contributed by atoms with E-state index in [0.717, 1.165) is 16.7 Å². The van der Waals surface area contributed by atoms with Gasteiger partial charge in [0.1, 0.15) is 11.5 Å². The first-order valence-corrected chi connectivity index (χ1v) is 12.8. The second kappa shape index (κ2) is 11.9. The number of amides is 3. The van der Waals surface area contributed by atoms with Crippen molar-refractivity contribution in [1.82, 2.24) is 10.2 Å². The minimum atomic E-state index is -0.822. The highest BCUT2D eigenvalue weighted by Crippen LogP contribution is 2.37. The lowest BCUT2D eigenvalue weighted by Gasteiger charge is -2.26. The predicted molar refractivity (Wildman–Crippen MR) is 149 cm³/mol. The van der Waals surface area contributed by atoms with E-state index in [1.165, 1.54) is 13.2 Å². The second-order valence-corrected chi connectivity index (χ2v) is 9.51. The summed E-state index contributed by atoms with van der Waals surface area (Å²) in [7, 11) is 1.26. The van der Waals surface area contributed by atoms with Gasteiger partial charge in [-0.15, -0.1) is 0 Å². The van der Waals surface area contributed by atoms with Crippen molar-refractivity contribution in [1.29, 1.82) is 0 Å². The Morgan fingerprint density at radius 1 is 0.975 bits per heavy atom. The Hall–Kier alpha value is -4.92. The number of esters is 1. The molecule has 3 amide bonds. The van der Waals surface area contributed by atoms with Crippen molar-refractivity contribution in [2.24, 2.45) is 0 Å². The maximum Gasteiger partial charge on any atom is 0.340 e. The fourth-order valence-electron chi connectivity index (χ4n) is 4.51. The van der Waals surface area contributed by atoms with E-state index in [9.17, 15) is 19.2 Å². The number of anilines is 1. The molecular weight excluding hydrogens is 510 g/mol. The number of hydrogen-bond acceptors (Lipinski definition) is 6. The molecule has 3 aromatic rings. The van der Waals surface area contributed by atoms with Crippen LogP contribution < -0.4 is 10.6 Å². The third-order valence-electron chi connectivity index (χ3n) is 6.86. The van der Waals surface area contributed by atoms with E-state index in [1.54, 1.807) is 36.1 Å². The third-order valence-corrected chi connectivity index (χ3v) is 6.86. The van der Waals surface area contributed by atoms with Gasteiger partial charge in [-0.05, 0) is 74.7 Å². The summed E-state index contributed by atoms with van der Waals surface area (Å²) in [5.41, 5.74) is 4.29. The minimum absolute atomic E-state index is 0.0494. The number of methoxy groups -OCH3 is 1. The number of ether oxygens (including phenoxy) is 1. The Morgan fingerprint density at radius 3 is 2.38 bits per heavy atom. The smallest absolute Gasteiger partial charge is 0.340 e. The standard InChI is InChI=1S/C31H31N3O6/c1-18-11-12-23(15-19(18)2)33-29(36)28(35)32-17-25-14-13-24(40-25)16-26-27(31(38)39-5)21(4)34(30(26)37)20(3)22-9-7-6-8-10-22/h6-16,20H,17H2,1-5H3,(H,32,35)(H,33,36)/b26-16+/t20-/m1/s1. The van der Waals surface area contributed by atoms with E-state index in [1.807, 2.05) is 57.2 Å². The summed E-state index contributed by atoms with van der Waals surface area (Å²) in [5.74, 6) is -1.95. The Labute approximate surface area is 232 Å². The van der Waals surface area contributed by atoms with E-state index in [0.29, 0.717) is 22.9 Å². The average Bonchev–Trinajstić information content (AvgIpc) is 3.50. The number of nitrogens with one attached hydrogen (secondary N) is 2. The van der Waals surface area contributed by atoms with Gasteiger partial charge in [-0.1, -0.05) is 36.4 Å². The Balaban J connectivity index is 1.48. The van der Waals surface area contributed by atoms with Crippen LogP contribution in [-0.4, -0.2) is 35.7 Å². The summed E-state index contributed by atoms with van der Waals surface area (Å²) in [5, 5.41) is 5.09. The summed E-state index contributed by atoms with van der Waals surface area (Å²) in [6.07, 6.45) is 1.48. The summed E-state index contributed by atoms with van der Waals surface area (Å²) in [6.45, 7) is 7.42. The van der Waals surface area contributed by atoms with Gasteiger partial charge in [0.2, 0.25) is 0 Å². The number of benzene rings is 2. The minimum Gasteiger partial charge on any atom is -0.465 e.